The van der Waals surface area contributed by atoms with Crippen molar-refractivity contribution in [3.05, 3.63) is 69.7 Å². The number of nitrogens with zero attached hydrogens (tertiary/aromatic N) is 3. The van der Waals surface area contributed by atoms with E-state index in [1.54, 1.807) is 23.1 Å². The van der Waals surface area contributed by atoms with Gasteiger partial charge in [0.1, 0.15) is 0 Å². The molecule has 0 spiro atoms. The first-order valence-corrected chi connectivity index (χ1v) is 12.7. The molecule has 1 atom stereocenters. The van der Waals surface area contributed by atoms with Crippen molar-refractivity contribution in [3.63, 3.8) is 0 Å². The summed E-state index contributed by atoms with van der Waals surface area (Å²) in [6.07, 6.45) is 0.0719. The Morgan fingerprint density at radius 1 is 0.971 bits per heavy atom. The fourth-order valence-electron chi connectivity index (χ4n) is 4.36. The van der Waals surface area contributed by atoms with Crippen LogP contribution in [-0.4, -0.2) is 98.3 Å². The van der Waals surface area contributed by atoms with Crippen LogP contribution in [0.25, 0.3) is 0 Å². The molecule has 35 heavy (non-hydrogen) atoms. The third kappa shape index (κ3) is 7.41. The molecule has 188 valence electrons. The Kier molecular flexibility index (Phi) is 9.40. The lowest BCUT2D eigenvalue weighted by molar-refractivity contribution is -0.134. The maximum Gasteiger partial charge on any atom is 0.254 e. The Morgan fingerprint density at radius 2 is 1.74 bits per heavy atom. The summed E-state index contributed by atoms with van der Waals surface area (Å²) in [5.74, 6) is -0.0617. The van der Waals surface area contributed by atoms with Crippen LogP contribution in [0.1, 0.15) is 15.9 Å². The lowest BCUT2D eigenvalue weighted by Crippen LogP contribution is -2.52. The molecule has 2 heterocycles. The second-order valence-corrected chi connectivity index (χ2v) is 9.64. The summed E-state index contributed by atoms with van der Waals surface area (Å²) in [6.45, 7) is 6.30. The minimum atomic E-state index is -0.264. The Bertz CT molecular complexity index is 1000. The number of hydrogen-bond acceptors (Lipinski definition) is 5. The summed E-state index contributed by atoms with van der Waals surface area (Å²) in [5.41, 5.74) is 1.47. The van der Waals surface area contributed by atoms with Gasteiger partial charge in [0.25, 0.3) is 5.91 Å². The Hall–Kier alpha value is -2.16. The van der Waals surface area contributed by atoms with E-state index in [2.05, 4.69) is 4.90 Å². The molecule has 7 nitrogen and oxygen atoms in total. The monoisotopic (exact) mass is 519 g/mol. The van der Waals surface area contributed by atoms with Crippen LogP contribution < -0.4 is 0 Å². The molecule has 0 saturated carbocycles. The number of hydrogen-bond donors (Lipinski definition) is 0. The first-order valence-electron chi connectivity index (χ1n) is 12.0. The minimum Gasteiger partial charge on any atom is -0.379 e. The highest BCUT2D eigenvalue weighted by Crippen LogP contribution is 2.24. The molecule has 2 aromatic rings. The summed E-state index contributed by atoms with van der Waals surface area (Å²) in [6, 6.07) is 14.7. The first-order chi connectivity index (χ1) is 17.0. The Balaban J connectivity index is 1.40. The molecule has 0 aromatic heterocycles. The molecule has 2 aliphatic rings. The Morgan fingerprint density at radius 3 is 2.49 bits per heavy atom. The van der Waals surface area contributed by atoms with Gasteiger partial charge in [0.15, 0.2) is 0 Å². The van der Waals surface area contributed by atoms with E-state index in [9.17, 15) is 9.59 Å². The van der Waals surface area contributed by atoms with Crippen LogP contribution in [0, 0.1) is 0 Å². The van der Waals surface area contributed by atoms with E-state index in [4.69, 9.17) is 32.7 Å². The SMILES string of the molecule is O=C(Cc1ccccc1)N(CCN1CCOCC1)C[C@@H]1CN(C(=O)c2ccc(Cl)c(Cl)c2)CCO1. The van der Waals surface area contributed by atoms with Crippen LogP contribution in [0.5, 0.6) is 0 Å². The van der Waals surface area contributed by atoms with Crippen molar-refractivity contribution >= 4 is 35.0 Å². The highest BCUT2D eigenvalue weighted by molar-refractivity contribution is 6.42. The number of halogens is 2. The van der Waals surface area contributed by atoms with Crippen LogP contribution in [0.2, 0.25) is 10.0 Å². The van der Waals surface area contributed by atoms with Crippen molar-refractivity contribution in [2.24, 2.45) is 0 Å². The summed E-state index contributed by atoms with van der Waals surface area (Å²) >= 11 is 12.1. The lowest BCUT2D eigenvalue weighted by atomic mass is 10.1. The van der Waals surface area contributed by atoms with Gasteiger partial charge in [0, 0.05) is 51.4 Å². The fourth-order valence-corrected chi connectivity index (χ4v) is 4.66. The van der Waals surface area contributed by atoms with E-state index in [-0.39, 0.29) is 17.9 Å². The van der Waals surface area contributed by atoms with Crippen LogP contribution in [0.4, 0.5) is 0 Å². The molecule has 0 N–H and O–H groups in total. The lowest BCUT2D eigenvalue weighted by Gasteiger charge is -2.37. The quantitative estimate of drug-likeness (QED) is 0.535. The second-order valence-electron chi connectivity index (χ2n) is 8.83. The van der Waals surface area contributed by atoms with Gasteiger partial charge < -0.3 is 19.3 Å². The van der Waals surface area contributed by atoms with Crippen molar-refractivity contribution in [3.8, 4) is 0 Å². The average Bonchev–Trinajstić information content (AvgIpc) is 2.89. The molecule has 4 rings (SSSR count). The zero-order chi connectivity index (χ0) is 24.6. The number of rotatable bonds is 8. The maximum atomic E-state index is 13.3. The largest absolute Gasteiger partial charge is 0.379 e. The molecule has 2 amide bonds. The van der Waals surface area contributed by atoms with E-state index in [1.807, 2.05) is 35.2 Å². The predicted molar refractivity (Wildman–Crippen MR) is 136 cm³/mol. The van der Waals surface area contributed by atoms with Crippen molar-refractivity contribution < 1.29 is 19.1 Å². The van der Waals surface area contributed by atoms with Crippen molar-refractivity contribution in [1.29, 1.82) is 0 Å². The van der Waals surface area contributed by atoms with Gasteiger partial charge in [-0.05, 0) is 23.8 Å². The van der Waals surface area contributed by atoms with Gasteiger partial charge in [-0.1, -0.05) is 53.5 Å². The predicted octanol–water partition coefficient (Wildman–Crippen LogP) is 3.24. The summed E-state index contributed by atoms with van der Waals surface area (Å²) in [5, 5.41) is 0.763. The molecular weight excluding hydrogens is 489 g/mol. The van der Waals surface area contributed by atoms with Crippen molar-refractivity contribution in [1.82, 2.24) is 14.7 Å². The van der Waals surface area contributed by atoms with E-state index >= 15 is 0 Å². The molecule has 0 unspecified atom stereocenters. The second kappa shape index (κ2) is 12.7. The maximum absolute atomic E-state index is 13.3. The number of ether oxygens (including phenoxy) is 2. The molecule has 0 radical (unpaired) electrons. The number of carbonyl (C=O) groups excluding carboxylic acids is 2. The van der Waals surface area contributed by atoms with Crippen LogP contribution in [0.15, 0.2) is 48.5 Å². The third-order valence-electron chi connectivity index (χ3n) is 6.36. The molecule has 2 aliphatic heterocycles. The highest BCUT2D eigenvalue weighted by atomic mass is 35.5. The van der Waals surface area contributed by atoms with Gasteiger partial charge in [-0.3, -0.25) is 14.5 Å². The Labute approximate surface area is 216 Å². The molecule has 2 saturated heterocycles. The summed E-state index contributed by atoms with van der Waals surface area (Å²) in [4.78, 5) is 32.3. The van der Waals surface area contributed by atoms with Gasteiger partial charge in [-0.15, -0.1) is 0 Å². The number of amides is 2. The minimum absolute atomic E-state index is 0.0565. The van der Waals surface area contributed by atoms with Gasteiger partial charge in [-0.2, -0.15) is 0 Å². The highest BCUT2D eigenvalue weighted by Gasteiger charge is 2.28. The van der Waals surface area contributed by atoms with E-state index in [0.717, 1.165) is 38.4 Å². The topological polar surface area (TPSA) is 62.3 Å². The van der Waals surface area contributed by atoms with Crippen LogP contribution in [0.3, 0.4) is 0 Å². The zero-order valence-corrected chi connectivity index (χ0v) is 21.2. The smallest absolute Gasteiger partial charge is 0.254 e. The normalized spacial score (nSPS) is 18.9. The van der Waals surface area contributed by atoms with Crippen molar-refractivity contribution in [2.45, 2.75) is 12.5 Å². The van der Waals surface area contributed by atoms with E-state index in [1.165, 1.54) is 0 Å². The van der Waals surface area contributed by atoms with Crippen LogP contribution >= 0.6 is 23.2 Å². The fraction of sp³-hybridized carbons (Fsp3) is 0.462. The van der Waals surface area contributed by atoms with Gasteiger partial charge in [0.2, 0.25) is 5.91 Å². The van der Waals surface area contributed by atoms with Gasteiger partial charge in [-0.25, -0.2) is 0 Å². The summed E-state index contributed by atoms with van der Waals surface area (Å²) < 4.78 is 11.4. The molecule has 2 aromatic carbocycles. The van der Waals surface area contributed by atoms with E-state index in [0.29, 0.717) is 54.8 Å². The molecule has 9 heteroatoms. The summed E-state index contributed by atoms with van der Waals surface area (Å²) in [7, 11) is 0. The first kappa shape index (κ1) is 25.9. The third-order valence-corrected chi connectivity index (χ3v) is 7.10. The van der Waals surface area contributed by atoms with Crippen molar-refractivity contribution in [2.75, 3.05) is 65.6 Å². The number of carbonyl (C=O) groups is 2. The molecule has 2 fully saturated rings. The van der Waals surface area contributed by atoms with Gasteiger partial charge >= 0.3 is 0 Å². The zero-order valence-electron chi connectivity index (χ0n) is 19.7. The molecule has 0 aliphatic carbocycles. The number of morpholine rings is 2. The van der Waals surface area contributed by atoms with Gasteiger partial charge in [0.05, 0.1) is 42.4 Å². The van der Waals surface area contributed by atoms with E-state index < -0.39 is 0 Å². The molecular formula is C26H31Cl2N3O4. The standard InChI is InChI=1S/C26H31Cl2N3O4/c27-23-7-6-21(17-24(23)28)26(33)31-12-15-35-22(19-31)18-30(9-8-29-10-13-34-14-11-29)25(32)16-20-4-2-1-3-5-20/h1-7,17,22H,8-16,18-19H2/t22-/m1/s1. The number of benzene rings is 2. The molecule has 0 bridgehead atoms. The van der Waals surface area contributed by atoms with Crippen LogP contribution in [-0.2, 0) is 20.7 Å². The average molecular weight is 520 g/mol.